The molecule has 3 fully saturated rings. The zero-order valence-electron chi connectivity index (χ0n) is 10.7. The van der Waals surface area contributed by atoms with Crippen LogP contribution in [-0.2, 0) is 6.42 Å². The van der Waals surface area contributed by atoms with E-state index in [9.17, 15) is 0 Å². The first-order chi connectivity index (χ1) is 8.74. The van der Waals surface area contributed by atoms with Gasteiger partial charge in [0.1, 0.15) is 16.8 Å². The molecule has 1 unspecified atom stereocenters. The molecule has 98 valence electrons. The van der Waals surface area contributed by atoms with Gasteiger partial charge in [-0.1, -0.05) is 18.5 Å². The van der Waals surface area contributed by atoms with Crippen molar-refractivity contribution < 1.29 is 0 Å². The molecule has 0 aromatic carbocycles. The molecule has 0 spiro atoms. The highest BCUT2D eigenvalue weighted by Crippen LogP contribution is 2.29. The Hall–Kier alpha value is -0.870. The third-order valence-corrected chi connectivity index (χ3v) is 4.24. The fourth-order valence-corrected chi connectivity index (χ4v) is 3.22. The van der Waals surface area contributed by atoms with Gasteiger partial charge in [0, 0.05) is 25.1 Å². The third-order valence-electron chi connectivity index (χ3n) is 4.05. The summed E-state index contributed by atoms with van der Waals surface area (Å²) in [6.07, 6.45) is 3.42. The molecule has 4 heterocycles. The van der Waals surface area contributed by atoms with E-state index in [2.05, 4.69) is 20.2 Å². The topological polar surface area (TPSA) is 41.1 Å². The molecule has 0 amide bonds. The number of nitrogens with zero attached hydrogens (tertiary/aromatic N) is 3. The molecule has 1 atom stereocenters. The number of aromatic nitrogens is 2. The molecule has 5 heteroatoms. The zero-order valence-corrected chi connectivity index (χ0v) is 11.5. The number of rotatable bonds is 3. The third kappa shape index (κ3) is 2.45. The number of fused-ring (bicyclic) bond motifs is 3. The Kier molecular flexibility index (Phi) is 3.39. The molecule has 4 nitrogen and oxygen atoms in total. The quantitative estimate of drug-likeness (QED) is 0.852. The Morgan fingerprint density at radius 1 is 1.39 bits per heavy atom. The average Bonchev–Trinajstić information content (AvgIpc) is 2.39. The van der Waals surface area contributed by atoms with Crippen LogP contribution in [0, 0.1) is 5.92 Å². The lowest BCUT2D eigenvalue weighted by Gasteiger charge is -2.45. The standard InChI is InChI=1S/C13H19ClN4/c1-2-12-16-11(14)7-13(17-12)15-10-8-18-5-3-9(10)4-6-18/h7,9-10H,2-6,8H2,1H3,(H,15,16,17). The molecule has 1 aromatic rings. The predicted molar refractivity (Wildman–Crippen MR) is 73.0 cm³/mol. The molecule has 3 saturated heterocycles. The van der Waals surface area contributed by atoms with E-state index < -0.39 is 0 Å². The van der Waals surface area contributed by atoms with Gasteiger partial charge < -0.3 is 10.2 Å². The number of aryl methyl sites for hydroxylation is 1. The summed E-state index contributed by atoms with van der Waals surface area (Å²) < 4.78 is 0. The minimum Gasteiger partial charge on any atom is -0.366 e. The van der Waals surface area contributed by atoms with Crippen LogP contribution in [0.3, 0.4) is 0 Å². The fourth-order valence-electron chi connectivity index (χ4n) is 3.02. The molecule has 18 heavy (non-hydrogen) atoms. The Morgan fingerprint density at radius 2 is 2.17 bits per heavy atom. The van der Waals surface area contributed by atoms with E-state index in [0.717, 1.165) is 30.5 Å². The first-order valence-electron chi connectivity index (χ1n) is 6.77. The lowest BCUT2D eigenvalue weighted by atomic mass is 9.84. The number of piperidine rings is 3. The second-order valence-corrected chi connectivity index (χ2v) is 5.62. The number of anilines is 1. The summed E-state index contributed by atoms with van der Waals surface area (Å²) in [7, 11) is 0. The van der Waals surface area contributed by atoms with Crippen LogP contribution >= 0.6 is 11.6 Å². The minimum absolute atomic E-state index is 0.517. The molecule has 1 aromatic heterocycles. The van der Waals surface area contributed by atoms with Gasteiger partial charge >= 0.3 is 0 Å². The maximum atomic E-state index is 6.02. The Morgan fingerprint density at radius 3 is 2.78 bits per heavy atom. The van der Waals surface area contributed by atoms with E-state index in [0.29, 0.717) is 11.2 Å². The van der Waals surface area contributed by atoms with Crippen LogP contribution < -0.4 is 5.32 Å². The van der Waals surface area contributed by atoms with Crippen LogP contribution in [0.4, 0.5) is 5.82 Å². The van der Waals surface area contributed by atoms with Gasteiger partial charge in [0.2, 0.25) is 0 Å². The van der Waals surface area contributed by atoms with Gasteiger partial charge in [0.25, 0.3) is 0 Å². The first kappa shape index (κ1) is 12.2. The van der Waals surface area contributed by atoms with Crippen LogP contribution in [0.25, 0.3) is 0 Å². The second kappa shape index (κ2) is 5.02. The summed E-state index contributed by atoms with van der Waals surface area (Å²) >= 11 is 6.02. The molecule has 0 aliphatic carbocycles. The summed E-state index contributed by atoms with van der Waals surface area (Å²) in [4.78, 5) is 11.2. The fraction of sp³-hybridized carbons (Fsp3) is 0.692. The lowest BCUT2D eigenvalue weighted by Crippen LogP contribution is -2.53. The van der Waals surface area contributed by atoms with E-state index in [4.69, 9.17) is 11.6 Å². The van der Waals surface area contributed by atoms with Crippen molar-refractivity contribution in [1.82, 2.24) is 14.9 Å². The largest absolute Gasteiger partial charge is 0.366 e. The monoisotopic (exact) mass is 266 g/mol. The van der Waals surface area contributed by atoms with Crippen LogP contribution in [0.15, 0.2) is 6.07 Å². The highest BCUT2D eigenvalue weighted by molar-refractivity contribution is 6.29. The van der Waals surface area contributed by atoms with Crippen molar-refractivity contribution in [3.8, 4) is 0 Å². The van der Waals surface area contributed by atoms with Gasteiger partial charge in [-0.15, -0.1) is 0 Å². The summed E-state index contributed by atoms with van der Waals surface area (Å²) in [6, 6.07) is 2.35. The Labute approximate surface area is 113 Å². The van der Waals surface area contributed by atoms with Crippen molar-refractivity contribution in [1.29, 1.82) is 0 Å². The Balaban J connectivity index is 1.74. The number of halogens is 1. The molecule has 1 N–H and O–H groups in total. The van der Waals surface area contributed by atoms with E-state index in [-0.39, 0.29) is 0 Å². The van der Waals surface area contributed by atoms with Crippen molar-refractivity contribution in [2.75, 3.05) is 25.0 Å². The van der Waals surface area contributed by atoms with E-state index in [1.165, 1.54) is 25.9 Å². The van der Waals surface area contributed by atoms with E-state index in [1.54, 1.807) is 0 Å². The van der Waals surface area contributed by atoms with Gasteiger partial charge in [-0.2, -0.15) is 0 Å². The smallest absolute Gasteiger partial charge is 0.134 e. The molecule has 4 rings (SSSR count). The number of hydrogen-bond donors (Lipinski definition) is 1. The molecule has 3 aliphatic heterocycles. The lowest BCUT2D eigenvalue weighted by molar-refractivity contribution is 0.0973. The van der Waals surface area contributed by atoms with Crippen molar-refractivity contribution >= 4 is 17.4 Å². The van der Waals surface area contributed by atoms with Crippen molar-refractivity contribution in [3.05, 3.63) is 17.0 Å². The highest BCUT2D eigenvalue weighted by atomic mass is 35.5. The molecular weight excluding hydrogens is 248 g/mol. The first-order valence-corrected chi connectivity index (χ1v) is 7.14. The van der Waals surface area contributed by atoms with Crippen LogP contribution in [0.2, 0.25) is 5.15 Å². The second-order valence-electron chi connectivity index (χ2n) is 5.23. The summed E-state index contributed by atoms with van der Waals surface area (Å²) in [5, 5.41) is 4.08. The molecule has 0 radical (unpaired) electrons. The van der Waals surface area contributed by atoms with Crippen LogP contribution in [0.1, 0.15) is 25.6 Å². The SMILES string of the molecule is CCc1nc(Cl)cc(NC2CN3CCC2CC3)n1. The van der Waals surface area contributed by atoms with Crippen molar-refractivity contribution in [2.45, 2.75) is 32.2 Å². The van der Waals surface area contributed by atoms with E-state index in [1.807, 2.05) is 13.0 Å². The van der Waals surface area contributed by atoms with Crippen molar-refractivity contribution in [2.24, 2.45) is 5.92 Å². The summed E-state index contributed by atoms with van der Waals surface area (Å²) in [5.74, 6) is 2.48. The van der Waals surface area contributed by atoms with Gasteiger partial charge in [0.05, 0.1) is 0 Å². The summed E-state index contributed by atoms with van der Waals surface area (Å²) in [6.45, 7) is 5.69. The summed E-state index contributed by atoms with van der Waals surface area (Å²) in [5.41, 5.74) is 0. The molecular formula is C13H19ClN4. The van der Waals surface area contributed by atoms with Gasteiger partial charge in [-0.25, -0.2) is 9.97 Å². The Bertz CT molecular complexity index is 429. The molecule has 0 saturated carbocycles. The number of hydrogen-bond acceptors (Lipinski definition) is 4. The average molecular weight is 267 g/mol. The van der Waals surface area contributed by atoms with Crippen LogP contribution in [-0.4, -0.2) is 40.5 Å². The minimum atomic E-state index is 0.517. The van der Waals surface area contributed by atoms with Gasteiger partial charge in [0.15, 0.2) is 0 Å². The number of nitrogens with one attached hydrogen (secondary N) is 1. The highest BCUT2D eigenvalue weighted by Gasteiger charge is 2.34. The maximum absolute atomic E-state index is 6.02. The normalized spacial score (nSPS) is 30.4. The van der Waals surface area contributed by atoms with Gasteiger partial charge in [-0.3, -0.25) is 0 Å². The van der Waals surface area contributed by atoms with Crippen LogP contribution in [0.5, 0.6) is 0 Å². The van der Waals surface area contributed by atoms with E-state index >= 15 is 0 Å². The molecule has 2 bridgehead atoms. The predicted octanol–water partition coefficient (Wildman–Crippen LogP) is 2.20. The maximum Gasteiger partial charge on any atom is 0.134 e. The zero-order chi connectivity index (χ0) is 12.5. The molecule has 3 aliphatic rings. The van der Waals surface area contributed by atoms with Gasteiger partial charge in [-0.05, 0) is 31.8 Å². The van der Waals surface area contributed by atoms with Crippen molar-refractivity contribution in [3.63, 3.8) is 0 Å².